The first-order valence-corrected chi connectivity index (χ1v) is 11.5. The maximum absolute atomic E-state index is 12.5. The Labute approximate surface area is 193 Å². The highest BCUT2D eigenvalue weighted by Gasteiger charge is 2.31. The number of alkyl carbamates (subject to hydrolysis) is 1. The van der Waals surface area contributed by atoms with Gasteiger partial charge < -0.3 is 20.5 Å². The van der Waals surface area contributed by atoms with E-state index in [2.05, 4.69) is 34.9 Å². The Morgan fingerprint density at radius 2 is 1.67 bits per heavy atom. The van der Waals surface area contributed by atoms with Crippen molar-refractivity contribution in [2.45, 2.75) is 57.0 Å². The number of carboxylic acid groups (broad SMARTS) is 1. The van der Waals surface area contributed by atoms with Gasteiger partial charge in [0, 0.05) is 24.4 Å². The van der Waals surface area contributed by atoms with Gasteiger partial charge in [-0.05, 0) is 54.4 Å². The average Bonchev–Trinajstić information content (AvgIpc) is 3.33. The van der Waals surface area contributed by atoms with E-state index in [0.29, 0.717) is 12.8 Å². The van der Waals surface area contributed by atoms with Crippen molar-refractivity contribution in [3.05, 3.63) is 59.7 Å². The summed E-state index contributed by atoms with van der Waals surface area (Å²) in [6.45, 7) is 1.96. The second-order valence-electron chi connectivity index (χ2n) is 9.12. The molecule has 0 radical (unpaired) electrons. The molecule has 0 bridgehead atoms. The molecule has 2 amide bonds. The number of benzene rings is 2. The molecule has 2 aromatic carbocycles. The van der Waals surface area contributed by atoms with Gasteiger partial charge in [0.05, 0.1) is 6.42 Å². The Kier molecular flexibility index (Phi) is 6.96. The van der Waals surface area contributed by atoms with Crippen LogP contribution < -0.4 is 10.6 Å². The van der Waals surface area contributed by atoms with E-state index < -0.39 is 18.1 Å². The lowest BCUT2D eigenvalue weighted by molar-refractivity contribution is -0.137. The maximum Gasteiger partial charge on any atom is 0.407 e. The van der Waals surface area contributed by atoms with Gasteiger partial charge in [0.1, 0.15) is 6.61 Å². The molecule has 1 saturated carbocycles. The van der Waals surface area contributed by atoms with E-state index in [4.69, 9.17) is 9.84 Å². The molecule has 33 heavy (non-hydrogen) atoms. The molecule has 2 aromatic rings. The van der Waals surface area contributed by atoms with Gasteiger partial charge in [-0.25, -0.2) is 4.79 Å². The third kappa shape index (κ3) is 5.53. The topological polar surface area (TPSA) is 105 Å². The number of carbonyl (C=O) groups excluding carboxylic acids is 2. The van der Waals surface area contributed by atoms with Gasteiger partial charge in [0.2, 0.25) is 5.91 Å². The molecule has 7 nitrogen and oxygen atoms in total. The molecule has 0 spiro atoms. The molecule has 0 aliphatic heterocycles. The molecule has 0 saturated heterocycles. The number of nitrogens with one attached hydrogen (secondary N) is 2. The van der Waals surface area contributed by atoms with Crippen molar-refractivity contribution >= 4 is 18.0 Å². The number of fused-ring (bicyclic) bond motifs is 3. The largest absolute Gasteiger partial charge is 0.481 e. The van der Waals surface area contributed by atoms with Crippen molar-refractivity contribution in [2.75, 3.05) is 6.61 Å². The van der Waals surface area contributed by atoms with Crippen molar-refractivity contribution in [1.82, 2.24) is 10.6 Å². The predicted octanol–water partition coefficient (Wildman–Crippen LogP) is 4.06. The van der Waals surface area contributed by atoms with Crippen LogP contribution in [0, 0.1) is 5.92 Å². The summed E-state index contributed by atoms with van der Waals surface area (Å²) >= 11 is 0. The predicted molar refractivity (Wildman–Crippen MR) is 124 cm³/mol. The highest BCUT2D eigenvalue weighted by atomic mass is 16.5. The zero-order valence-electron chi connectivity index (χ0n) is 18.8. The van der Waals surface area contributed by atoms with Crippen LogP contribution in [-0.4, -0.2) is 41.8 Å². The van der Waals surface area contributed by atoms with Crippen LogP contribution in [-0.2, 0) is 14.3 Å². The van der Waals surface area contributed by atoms with Crippen LogP contribution in [0.4, 0.5) is 4.79 Å². The molecule has 1 fully saturated rings. The van der Waals surface area contributed by atoms with Crippen LogP contribution in [0.15, 0.2) is 48.5 Å². The molecule has 3 atom stereocenters. The Balaban J connectivity index is 1.24. The summed E-state index contributed by atoms with van der Waals surface area (Å²) in [6.07, 6.45) is 2.17. The van der Waals surface area contributed by atoms with Gasteiger partial charge in [-0.3, -0.25) is 9.59 Å². The van der Waals surface area contributed by atoms with Crippen LogP contribution in [0.5, 0.6) is 0 Å². The minimum atomic E-state index is -0.934. The van der Waals surface area contributed by atoms with Crippen LogP contribution in [0.3, 0.4) is 0 Å². The van der Waals surface area contributed by atoms with E-state index in [9.17, 15) is 14.4 Å². The third-order valence-electron chi connectivity index (χ3n) is 6.57. The van der Waals surface area contributed by atoms with E-state index in [1.807, 2.05) is 24.3 Å². The fourth-order valence-corrected chi connectivity index (χ4v) is 5.11. The molecule has 7 heteroatoms. The number of hydrogen-bond donors (Lipinski definition) is 3. The summed E-state index contributed by atoms with van der Waals surface area (Å²) < 4.78 is 5.62. The summed E-state index contributed by atoms with van der Waals surface area (Å²) in [5.41, 5.74) is 4.74. The smallest absolute Gasteiger partial charge is 0.407 e. The quantitative estimate of drug-likeness (QED) is 0.563. The molecule has 174 valence electrons. The van der Waals surface area contributed by atoms with Crippen LogP contribution in [0.1, 0.15) is 56.1 Å². The van der Waals surface area contributed by atoms with Crippen molar-refractivity contribution in [1.29, 1.82) is 0 Å². The summed E-state index contributed by atoms with van der Waals surface area (Å²) in [4.78, 5) is 35.4. The number of aliphatic carboxylic acids is 1. The molecule has 2 aliphatic rings. The van der Waals surface area contributed by atoms with E-state index in [-0.39, 0.29) is 36.8 Å². The van der Waals surface area contributed by atoms with Gasteiger partial charge >= 0.3 is 12.1 Å². The summed E-state index contributed by atoms with van der Waals surface area (Å²) in [5.74, 6) is -0.886. The van der Waals surface area contributed by atoms with Crippen LogP contribution in [0.2, 0.25) is 0 Å². The number of ether oxygens (including phenoxy) is 1. The highest BCUT2D eigenvalue weighted by molar-refractivity contribution is 5.79. The fourth-order valence-electron chi connectivity index (χ4n) is 5.11. The zero-order chi connectivity index (χ0) is 23.4. The minimum absolute atomic E-state index is 0.0186. The molecule has 2 aliphatic carbocycles. The standard InChI is InChI=1S/C26H30N2O5/c1-16(12-25(30)31)27-24(29)14-17-10-11-18(13-17)28-26(32)33-15-23-21-8-4-2-6-19(21)20-7-3-5-9-22(20)23/h2-9,16-18,23H,10-15H2,1H3,(H,27,29)(H,28,32)(H,30,31)/t16?,17-,18+/m0/s1. The molecule has 0 aromatic heterocycles. The fraction of sp³-hybridized carbons (Fsp3) is 0.423. The van der Waals surface area contributed by atoms with Crippen molar-refractivity contribution in [3.8, 4) is 11.1 Å². The maximum atomic E-state index is 12.5. The van der Waals surface area contributed by atoms with Crippen LogP contribution in [0.25, 0.3) is 11.1 Å². The number of amides is 2. The SMILES string of the molecule is CC(CC(=O)O)NC(=O)C[C@H]1CC[C@@H](NC(=O)OCC2c3ccccc3-c3ccccc32)C1. The Hall–Kier alpha value is -3.35. The average molecular weight is 451 g/mol. The second kappa shape index (κ2) is 10.1. The minimum Gasteiger partial charge on any atom is -0.481 e. The van der Waals surface area contributed by atoms with E-state index in [1.165, 1.54) is 22.3 Å². The molecule has 3 N–H and O–H groups in total. The van der Waals surface area contributed by atoms with Crippen molar-refractivity contribution in [3.63, 3.8) is 0 Å². The summed E-state index contributed by atoms with van der Waals surface area (Å²) in [7, 11) is 0. The summed E-state index contributed by atoms with van der Waals surface area (Å²) in [5, 5.41) is 14.5. The molecular weight excluding hydrogens is 420 g/mol. The lowest BCUT2D eigenvalue weighted by Gasteiger charge is -2.17. The lowest BCUT2D eigenvalue weighted by atomic mass is 9.98. The van der Waals surface area contributed by atoms with Gasteiger partial charge in [0.25, 0.3) is 0 Å². The normalized spacial score (nSPS) is 19.9. The first-order valence-electron chi connectivity index (χ1n) is 11.5. The number of carbonyl (C=O) groups is 3. The first-order chi connectivity index (χ1) is 15.9. The van der Waals surface area contributed by atoms with E-state index in [0.717, 1.165) is 12.8 Å². The van der Waals surface area contributed by atoms with Gasteiger partial charge in [-0.15, -0.1) is 0 Å². The highest BCUT2D eigenvalue weighted by Crippen LogP contribution is 2.44. The number of hydrogen-bond acceptors (Lipinski definition) is 4. The number of rotatable bonds is 8. The zero-order valence-corrected chi connectivity index (χ0v) is 18.8. The van der Waals surface area contributed by atoms with E-state index >= 15 is 0 Å². The molecule has 0 heterocycles. The second-order valence-corrected chi connectivity index (χ2v) is 9.12. The third-order valence-corrected chi connectivity index (χ3v) is 6.57. The molecule has 4 rings (SSSR count). The van der Waals surface area contributed by atoms with Gasteiger partial charge in [0.15, 0.2) is 0 Å². The number of carboxylic acids is 1. The summed E-state index contributed by atoms with van der Waals surface area (Å²) in [6, 6.07) is 16.0. The van der Waals surface area contributed by atoms with Gasteiger partial charge in [-0.2, -0.15) is 0 Å². The van der Waals surface area contributed by atoms with Gasteiger partial charge in [-0.1, -0.05) is 48.5 Å². The Morgan fingerprint density at radius 1 is 1.03 bits per heavy atom. The Morgan fingerprint density at radius 3 is 2.30 bits per heavy atom. The molecular formula is C26H30N2O5. The Bertz CT molecular complexity index is 991. The van der Waals surface area contributed by atoms with Crippen molar-refractivity contribution < 1.29 is 24.2 Å². The van der Waals surface area contributed by atoms with Crippen molar-refractivity contribution in [2.24, 2.45) is 5.92 Å². The van der Waals surface area contributed by atoms with E-state index in [1.54, 1.807) is 6.92 Å². The van der Waals surface area contributed by atoms with Crippen LogP contribution >= 0.6 is 0 Å². The first kappa shape index (κ1) is 22.8. The monoisotopic (exact) mass is 450 g/mol. The lowest BCUT2D eigenvalue weighted by Crippen LogP contribution is -2.36. The molecule has 1 unspecified atom stereocenters.